The molecule has 2 amide bonds. The lowest BCUT2D eigenvalue weighted by molar-refractivity contribution is 0.148. The summed E-state index contributed by atoms with van der Waals surface area (Å²) < 4.78 is 5.18. The van der Waals surface area contributed by atoms with Crippen LogP contribution in [0.15, 0.2) is 48.5 Å². The number of nitriles is 1. The number of carbonyl (C=O) groups excluding carboxylic acids is 1. The van der Waals surface area contributed by atoms with Gasteiger partial charge in [0.2, 0.25) is 0 Å². The maximum atomic E-state index is 12.4. The SMILES string of the molecule is COc1ccc(CCN2CCN(C(=O)Nc3cccc(C#N)c3)CC2)cc1. The molecule has 140 valence electrons. The number of nitrogens with zero attached hydrogens (tertiary/aromatic N) is 3. The summed E-state index contributed by atoms with van der Waals surface area (Å²) in [6.07, 6.45) is 0.983. The van der Waals surface area contributed by atoms with Crippen molar-refractivity contribution in [2.45, 2.75) is 6.42 Å². The predicted octanol–water partition coefficient (Wildman–Crippen LogP) is 2.96. The Labute approximate surface area is 160 Å². The summed E-state index contributed by atoms with van der Waals surface area (Å²) in [5, 5.41) is 11.8. The molecule has 2 aromatic rings. The van der Waals surface area contributed by atoms with Crippen molar-refractivity contribution in [2.24, 2.45) is 0 Å². The number of methoxy groups -OCH3 is 1. The fraction of sp³-hybridized carbons (Fsp3) is 0.333. The van der Waals surface area contributed by atoms with E-state index in [0.29, 0.717) is 24.3 Å². The van der Waals surface area contributed by atoms with E-state index in [1.54, 1.807) is 31.4 Å². The van der Waals surface area contributed by atoms with Crippen LogP contribution < -0.4 is 10.1 Å². The Morgan fingerprint density at radius 3 is 2.56 bits per heavy atom. The number of nitrogens with one attached hydrogen (secondary N) is 1. The van der Waals surface area contributed by atoms with E-state index in [2.05, 4.69) is 28.4 Å². The molecule has 1 aliphatic rings. The quantitative estimate of drug-likeness (QED) is 0.886. The van der Waals surface area contributed by atoms with Gasteiger partial charge in [-0.2, -0.15) is 5.26 Å². The Bertz CT molecular complexity index is 806. The first kappa shape index (κ1) is 18.7. The van der Waals surface area contributed by atoms with E-state index in [-0.39, 0.29) is 6.03 Å². The number of hydrogen-bond acceptors (Lipinski definition) is 4. The largest absolute Gasteiger partial charge is 0.497 e. The van der Waals surface area contributed by atoms with Gasteiger partial charge in [0.05, 0.1) is 18.7 Å². The topological polar surface area (TPSA) is 68.6 Å². The van der Waals surface area contributed by atoms with Crippen LogP contribution in [0.4, 0.5) is 10.5 Å². The molecule has 6 nitrogen and oxygen atoms in total. The summed E-state index contributed by atoms with van der Waals surface area (Å²) in [6.45, 7) is 4.11. The maximum Gasteiger partial charge on any atom is 0.321 e. The van der Waals surface area contributed by atoms with Gasteiger partial charge in [-0.05, 0) is 42.3 Å². The van der Waals surface area contributed by atoms with Crippen molar-refractivity contribution < 1.29 is 9.53 Å². The van der Waals surface area contributed by atoms with Gasteiger partial charge in [-0.15, -0.1) is 0 Å². The van der Waals surface area contributed by atoms with Crippen molar-refractivity contribution in [3.63, 3.8) is 0 Å². The highest BCUT2D eigenvalue weighted by atomic mass is 16.5. The lowest BCUT2D eigenvalue weighted by Gasteiger charge is -2.34. The van der Waals surface area contributed by atoms with Crippen LogP contribution in [0.3, 0.4) is 0 Å². The number of urea groups is 1. The summed E-state index contributed by atoms with van der Waals surface area (Å²) in [7, 11) is 1.67. The van der Waals surface area contributed by atoms with Crippen molar-refractivity contribution in [2.75, 3.05) is 45.2 Å². The van der Waals surface area contributed by atoms with Gasteiger partial charge in [0.25, 0.3) is 0 Å². The smallest absolute Gasteiger partial charge is 0.321 e. The van der Waals surface area contributed by atoms with Crippen molar-refractivity contribution in [3.05, 3.63) is 59.7 Å². The zero-order valence-electron chi connectivity index (χ0n) is 15.5. The van der Waals surface area contributed by atoms with Crippen LogP contribution in [0.5, 0.6) is 5.75 Å². The minimum atomic E-state index is -0.111. The molecule has 2 aromatic carbocycles. The second kappa shape index (κ2) is 9.06. The molecule has 0 spiro atoms. The molecule has 1 heterocycles. The number of benzene rings is 2. The average molecular weight is 364 g/mol. The first-order chi connectivity index (χ1) is 13.2. The van der Waals surface area contributed by atoms with Gasteiger partial charge in [-0.3, -0.25) is 4.90 Å². The van der Waals surface area contributed by atoms with Crippen LogP contribution in [0.1, 0.15) is 11.1 Å². The Morgan fingerprint density at radius 2 is 1.89 bits per heavy atom. The van der Waals surface area contributed by atoms with Gasteiger partial charge < -0.3 is 15.0 Å². The molecule has 3 rings (SSSR count). The molecule has 27 heavy (non-hydrogen) atoms. The highest BCUT2D eigenvalue weighted by Gasteiger charge is 2.21. The lowest BCUT2D eigenvalue weighted by Crippen LogP contribution is -2.50. The third kappa shape index (κ3) is 5.22. The van der Waals surface area contributed by atoms with Gasteiger partial charge in [0.1, 0.15) is 5.75 Å². The molecule has 1 aliphatic heterocycles. The minimum absolute atomic E-state index is 0.111. The number of anilines is 1. The highest BCUT2D eigenvalue weighted by molar-refractivity contribution is 5.89. The minimum Gasteiger partial charge on any atom is -0.497 e. The predicted molar refractivity (Wildman–Crippen MR) is 105 cm³/mol. The van der Waals surface area contributed by atoms with E-state index < -0.39 is 0 Å². The third-order valence-corrected chi connectivity index (χ3v) is 4.78. The van der Waals surface area contributed by atoms with Crippen molar-refractivity contribution in [3.8, 4) is 11.8 Å². The van der Waals surface area contributed by atoms with Gasteiger partial charge in [0.15, 0.2) is 0 Å². The van der Waals surface area contributed by atoms with Gasteiger partial charge in [-0.25, -0.2) is 4.79 Å². The molecular formula is C21H24N4O2. The fourth-order valence-corrected chi connectivity index (χ4v) is 3.12. The number of hydrogen-bond donors (Lipinski definition) is 1. The highest BCUT2D eigenvalue weighted by Crippen LogP contribution is 2.14. The lowest BCUT2D eigenvalue weighted by atomic mass is 10.1. The zero-order valence-corrected chi connectivity index (χ0v) is 15.5. The Hall–Kier alpha value is -3.04. The molecule has 1 fully saturated rings. The van der Waals surface area contributed by atoms with Crippen LogP contribution in [0.25, 0.3) is 0 Å². The van der Waals surface area contributed by atoms with Crippen LogP contribution in [-0.4, -0.2) is 55.7 Å². The number of rotatable bonds is 5. The molecule has 0 atom stereocenters. The van der Waals surface area contributed by atoms with Crippen LogP contribution >= 0.6 is 0 Å². The number of amides is 2. The van der Waals surface area contributed by atoms with E-state index in [1.165, 1.54) is 5.56 Å². The van der Waals surface area contributed by atoms with Crippen molar-refractivity contribution >= 4 is 11.7 Å². The molecule has 1 saturated heterocycles. The Balaban J connectivity index is 1.43. The molecule has 0 unspecified atom stereocenters. The number of ether oxygens (including phenoxy) is 1. The van der Waals surface area contributed by atoms with E-state index in [4.69, 9.17) is 10.00 Å². The molecule has 0 aliphatic carbocycles. The molecular weight excluding hydrogens is 340 g/mol. The first-order valence-electron chi connectivity index (χ1n) is 9.09. The van der Waals surface area contributed by atoms with Gasteiger partial charge >= 0.3 is 6.03 Å². The van der Waals surface area contributed by atoms with Crippen molar-refractivity contribution in [1.29, 1.82) is 5.26 Å². The van der Waals surface area contributed by atoms with Crippen molar-refractivity contribution in [1.82, 2.24) is 9.80 Å². The van der Waals surface area contributed by atoms with E-state index in [0.717, 1.165) is 31.8 Å². The zero-order chi connectivity index (χ0) is 19.1. The summed E-state index contributed by atoms with van der Waals surface area (Å²) in [4.78, 5) is 16.6. The first-order valence-corrected chi connectivity index (χ1v) is 9.09. The summed E-state index contributed by atoms with van der Waals surface area (Å²) >= 11 is 0. The number of carbonyl (C=O) groups is 1. The standard InChI is InChI=1S/C21H24N4O2/c1-27-20-7-5-17(6-8-20)9-10-24-11-13-25(14-12-24)21(26)23-19-4-2-3-18(15-19)16-22/h2-8,15H,9-14H2,1H3,(H,23,26). The molecule has 0 bridgehead atoms. The van der Waals surface area contributed by atoms with Crippen LogP contribution in [0, 0.1) is 11.3 Å². The van der Waals surface area contributed by atoms with Gasteiger partial charge in [-0.1, -0.05) is 18.2 Å². The summed E-state index contributed by atoms with van der Waals surface area (Å²) in [5.41, 5.74) is 2.48. The monoisotopic (exact) mass is 364 g/mol. The van der Waals surface area contributed by atoms with Crippen LogP contribution in [-0.2, 0) is 6.42 Å². The van der Waals surface area contributed by atoms with Gasteiger partial charge in [0, 0.05) is 38.4 Å². The maximum absolute atomic E-state index is 12.4. The summed E-state index contributed by atoms with van der Waals surface area (Å²) in [6, 6.07) is 17.1. The normalized spacial score (nSPS) is 14.4. The molecule has 6 heteroatoms. The molecule has 0 aromatic heterocycles. The Kier molecular flexibility index (Phi) is 6.29. The third-order valence-electron chi connectivity index (χ3n) is 4.78. The Morgan fingerprint density at radius 1 is 1.15 bits per heavy atom. The number of piperazine rings is 1. The van der Waals surface area contributed by atoms with Crippen LogP contribution in [0.2, 0.25) is 0 Å². The average Bonchev–Trinajstić information content (AvgIpc) is 2.73. The second-order valence-electron chi connectivity index (χ2n) is 6.55. The second-order valence-corrected chi connectivity index (χ2v) is 6.55. The van der Waals surface area contributed by atoms with E-state index in [9.17, 15) is 4.79 Å². The fourth-order valence-electron chi connectivity index (χ4n) is 3.12. The van der Waals surface area contributed by atoms with E-state index in [1.807, 2.05) is 17.0 Å². The molecule has 0 saturated carbocycles. The molecule has 1 N–H and O–H groups in total. The summed E-state index contributed by atoms with van der Waals surface area (Å²) in [5.74, 6) is 0.874. The van der Waals surface area contributed by atoms with E-state index >= 15 is 0 Å². The molecule has 0 radical (unpaired) electrons.